The molecule has 4 aromatic rings. The molecule has 2 aromatic carbocycles. The fraction of sp³-hybridized carbons (Fsp3) is 0.357. The Morgan fingerprint density at radius 3 is 2.41 bits per heavy atom. The summed E-state index contributed by atoms with van der Waals surface area (Å²) < 4.78 is 83.3. The number of nitrogens with zero attached hydrogens (tertiary/aromatic N) is 5. The molecule has 1 fully saturated rings. The van der Waals surface area contributed by atoms with Gasteiger partial charge in [-0.3, -0.25) is 4.57 Å². The molecule has 1 aliphatic rings. The fourth-order valence-electron chi connectivity index (χ4n) is 4.49. The molecule has 10 nitrogen and oxygen atoms in total. The summed E-state index contributed by atoms with van der Waals surface area (Å²) in [5.41, 5.74) is -3.23. The summed E-state index contributed by atoms with van der Waals surface area (Å²) in [5.74, 6) is -3.08. The third kappa shape index (κ3) is 6.54. The van der Waals surface area contributed by atoms with E-state index in [2.05, 4.69) is 15.4 Å². The number of anilines is 1. The molecule has 2 aromatic heterocycles. The summed E-state index contributed by atoms with van der Waals surface area (Å²) >= 11 is 0.784. The Bertz CT molecular complexity index is 1740. The van der Waals surface area contributed by atoms with Gasteiger partial charge in [-0.05, 0) is 52.0 Å². The number of aromatic nitrogens is 4. The highest BCUT2D eigenvalue weighted by Crippen LogP contribution is 2.43. The van der Waals surface area contributed by atoms with Gasteiger partial charge in [-0.1, -0.05) is 17.4 Å². The van der Waals surface area contributed by atoms with E-state index in [-0.39, 0.29) is 34.5 Å². The zero-order chi connectivity index (χ0) is 32.0. The van der Waals surface area contributed by atoms with Crippen LogP contribution in [-0.4, -0.2) is 49.7 Å². The molecule has 0 unspecified atom stereocenters. The van der Waals surface area contributed by atoms with Crippen LogP contribution >= 0.6 is 11.3 Å². The maximum absolute atomic E-state index is 15.1. The molecule has 234 valence electrons. The van der Waals surface area contributed by atoms with Crippen LogP contribution in [0, 0.1) is 17.5 Å². The van der Waals surface area contributed by atoms with Crippen LogP contribution in [0.2, 0.25) is 0 Å². The van der Waals surface area contributed by atoms with Gasteiger partial charge in [0.25, 0.3) is 6.43 Å². The summed E-state index contributed by atoms with van der Waals surface area (Å²) in [6.45, 7) is 7.04. The van der Waals surface area contributed by atoms with Crippen LogP contribution in [0.3, 0.4) is 0 Å². The van der Waals surface area contributed by atoms with Gasteiger partial charge in [0.15, 0.2) is 22.4 Å². The van der Waals surface area contributed by atoms with Crippen molar-refractivity contribution in [3.63, 3.8) is 0 Å². The molecule has 16 heteroatoms. The lowest BCUT2D eigenvalue weighted by Gasteiger charge is -2.48. The number of thiazole rings is 1. The first-order valence-corrected chi connectivity index (χ1v) is 14.0. The fourth-order valence-corrected chi connectivity index (χ4v) is 5.43. The third-order valence-corrected chi connectivity index (χ3v) is 7.46. The second kappa shape index (κ2) is 11.6. The predicted octanol–water partition coefficient (Wildman–Crippen LogP) is 5.79. The molecule has 0 aliphatic carbocycles. The van der Waals surface area contributed by atoms with Crippen LogP contribution in [0.4, 0.5) is 31.9 Å². The van der Waals surface area contributed by atoms with E-state index >= 15 is 4.39 Å². The molecule has 5 rings (SSSR count). The maximum atomic E-state index is 15.1. The third-order valence-electron chi connectivity index (χ3n) is 6.46. The van der Waals surface area contributed by atoms with E-state index in [1.807, 2.05) is 0 Å². The Labute approximate surface area is 251 Å². The molecule has 3 heterocycles. The average Bonchev–Trinajstić information content (AvgIpc) is 3.48. The number of halogens is 5. The number of alkyl carbamates (subject to hydrolysis) is 1. The first-order chi connectivity index (χ1) is 20.6. The normalized spacial score (nSPS) is 14.5. The van der Waals surface area contributed by atoms with Crippen molar-refractivity contribution in [3.8, 4) is 16.5 Å². The van der Waals surface area contributed by atoms with Gasteiger partial charge in [-0.25, -0.2) is 36.5 Å². The molecule has 0 spiro atoms. The van der Waals surface area contributed by atoms with Gasteiger partial charge in [0, 0.05) is 24.7 Å². The van der Waals surface area contributed by atoms with Gasteiger partial charge in [0.1, 0.15) is 23.6 Å². The van der Waals surface area contributed by atoms with Crippen LogP contribution < -0.4 is 20.6 Å². The Morgan fingerprint density at radius 1 is 1.11 bits per heavy atom. The largest absolute Gasteiger partial charge is 0.444 e. The summed E-state index contributed by atoms with van der Waals surface area (Å²) in [6, 6.07) is 6.61. The van der Waals surface area contributed by atoms with Crippen molar-refractivity contribution in [1.29, 1.82) is 0 Å². The standard InChI is InChI=1S/C28H27F5N6O4S/c1-27(2,3)43-25(40)36-28(4)12-38(13-28)24-35-21(22(32)33)23(44-24)42-20-9-8-15(10-19(20)31)39-26(41)37(14-34-39)11-16-17(29)6-5-7-18(16)30/h5-10,14,22H,11-13H2,1-4H3,(H,36,40). The Balaban J connectivity index is 1.30. The quantitative estimate of drug-likeness (QED) is 0.244. The molecule has 0 bridgehead atoms. The average molecular weight is 639 g/mol. The van der Waals surface area contributed by atoms with Crippen molar-refractivity contribution in [1.82, 2.24) is 24.6 Å². The number of hydrogen-bond acceptors (Lipinski definition) is 8. The summed E-state index contributed by atoms with van der Waals surface area (Å²) in [4.78, 5) is 30.6. The number of rotatable bonds is 8. The van der Waals surface area contributed by atoms with Gasteiger partial charge >= 0.3 is 11.8 Å². The lowest BCUT2D eigenvalue weighted by atomic mass is 9.93. The van der Waals surface area contributed by atoms with Crippen molar-refractivity contribution in [2.45, 2.75) is 51.8 Å². The number of ether oxygens (including phenoxy) is 2. The first kappa shape index (κ1) is 31.0. The molecule has 1 saturated heterocycles. The number of benzene rings is 2. The lowest BCUT2D eigenvalue weighted by Crippen LogP contribution is -2.69. The molecule has 1 N–H and O–H groups in total. The van der Waals surface area contributed by atoms with Gasteiger partial charge in [0.05, 0.1) is 17.8 Å². The molecular weight excluding hydrogens is 611 g/mol. The number of alkyl halides is 2. The summed E-state index contributed by atoms with van der Waals surface area (Å²) in [5, 5.41) is 6.51. The second-order valence-corrected chi connectivity index (χ2v) is 12.3. The minimum Gasteiger partial charge on any atom is -0.444 e. The molecular formula is C28H27F5N6O4S. The minimum atomic E-state index is -3.02. The topological polar surface area (TPSA) is 104 Å². The van der Waals surface area contributed by atoms with Crippen LogP contribution in [0.5, 0.6) is 10.8 Å². The predicted molar refractivity (Wildman–Crippen MR) is 150 cm³/mol. The second-order valence-electron chi connectivity index (χ2n) is 11.4. The molecule has 0 radical (unpaired) electrons. The van der Waals surface area contributed by atoms with Crippen molar-refractivity contribution >= 4 is 22.6 Å². The monoisotopic (exact) mass is 638 g/mol. The van der Waals surface area contributed by atoms with E-state index < -0.39 is 64.8 Å². The van der Waals surface area contributed by atoms with Crippen LogP contribution in [-0.2, 0) is 11.3 Å². The van der Waals surface area contributed by atoms with Crippen molar-refractivity contribution in [3.05, 3.63) is 81.9 Å². The van der Waals surface area contributed by atoms with Crippen LogP contribution in [0.25, 0.3) is 5.69 Å². The number of carbonyl (C=O) groups excluding carboxylic acids is 1. The van der Waals surface area contributed by atoms with Crippen LogP contribution in [0.15, 0.2) is 47.5 Å². The van der Waals surface area contributed by atoms with Gasteiger partial charge < -0.3 is 19.7 Å². The molecule has 1 amide bonds. The molecule has 1 aliphatic heterocycles. The van der Waals surface area contributed by atoms with Crippen molar-refractivity contribution in [2.75, 3.05) is 18.0 Å². The highest BCUT2D eigenvalue weighted by molar-refractivity contribution is 7.17. The van der Waals surface area contributed by atoms with E-state index in [0.29, 0.717) is 0 Å². The van der Waals surface area contributed by atoms with E-state index in [9.17, 15) is 27.2 Å². The maximum Gasteiger partial charge on any atom is 0.408 e. The Hall–Kier alpha value is -4.47. The Morgan fingerprint density at radius 2 is 1.80 bits per heavy atom. The highest BCUT2D eigenvalue weighted by atomic mass is 32.1. The molecule has 0 saturated carbocycles. The summed E-state index contributed by atoms with van der Waals surface area (Å²) in [7, 11) is 0. The van der Waals surface area contributed by atoms with Gasteiger partial charge in [0.2, 0.25) is 5.06 Å². The highest BCUT2D eigenvalue weighted by Gasteiger charge is 2.43. The van der Waals surface area contributed by atoms with E-state index in [4.69, 9.17) is 9.47 Å². The zero-order valence-electron chi connectivity index (χ0n) is 23.9. The van der Waals surface area contributed by atoms with Crippen LogP contribution in [0.1, 0.15) is 45.4 Å². The van der Waals surface area contributed by atoms with E-state index in [0.717, 1.165) is 51.2 Å². The van der Waals surface area contributed by atoms with E-state index in [1.54, 1.807) is 32.6 Å². The smallest absolute Gasteiger partial charge is 0.408 e. The lowest BCUT2D eigenvalue weighted by molar-refractivity contribution is 0.0445. The number of amides is 1. The number of nitrogens with one attached hydrogen (secondary N) is 1. The SMILES string of the molecule is CC1(NC(=O)OC(C)(C)C)CN(c2nc(C(F)F)c(Oc3ccc(-n4ncn(Cc5c(F)cccc5F)c4=O)cc3F)s2)C1. The number of hydrogen-bond donors (Lipinski definition) is 1. The minimum absolute atomic E-state index is 0.0379. The number of carbonyl (C=O) groups is 1. The zero-order valence-corrected chi connectivity index (χ0v) is 24.7. The van der Waals surface area contributed by atoms with Gasteiger partial charge in [-0.15, -0.1) is 0 Å². The van der Waals surface area contributed by atoms with Crippen molar-refractivity contribution < 1.29 is 36.2 Å². The molecule has 44 heavy (non-hydrogen) atoms. The van der Waals surface area contributed by atoms with Gasteiger partial charge in [-0.2, -0.15) is 9.78 Å². The molecule has 0 atom stereocenters. The summed E-state index contributed by atoms with van der Waals surface area (Å²) in [6.07, 6.45) is -2.58. The first-order valence-electron chi connectivity index (χ1n) is 13.2. The van der Waals surface area contributed by atoms with E-state index in [1.165, 1.54) is 12.1 Å². The Kier molecular flexibility index (Phi) is 8.13. The van der Waals surface area contributed by atoms with Crippen molar-refractivity contribution in [2.24, 2.45) is 0 Å².